The lowest BCUT2D eigenvalue weighted by molar-refractivity contribution is 0.366. The average molecular weight is 363 g/mol. The third-order valence-corrected chi connectivity index (χ3v) is 3.93. The van der Waals surface area contributed by atoms with Crippen molar-refractivity contribution >= 4 is 12.4 Å². The van der Waals surface area contributed by atoms with Gasteiger partial charge in [0, 0.05) is 30.9 Å². The van der Waals surface area contributed by atoms with E-state index in [1.54, 1.807) is 6.20 Å². The van der Waals surface area contributed by atoms with E-state index in [4.69, 9.17) is 8.94 Å². The summed E-state index contributed by atoms with van der Waals surface area (Å²) in [4.78, 5) is 8.73. The molecule has 25 heavy (non-hydrogen) atoms. The molecule has 1 unspecified atom stereocenters. The Morgan fingerprint density at radius 3 is 2.56 bits per heavy atom. The molecular formula is C18H23ClN4O2. The highest BCUT2D eigenvalue weighted by Gasteiger charge is 2.12. The van der Waals surface area contributed by atoms with Crippen molar-refractivity contribution in [3.8, 4) is 11.3 Å². The molecule has 0 aliphatic heterocycles. The van der Waals surface area contributed by atoms with E-state index in [0.29, 0.717) is 30.7 Å². The quantitative estimate of drug-likeness (QED) is 0.694. The first kappa shape index (κ1) is 19.1. The second-order valence-electron chi connectivity index (χ2n) is 5.98. The number of likely N-dealkylation sites (N-methyl/N-ethyl adjacent to an activating group) is 1. The Kier molecular flexibility index (Phi) is 6.73. The van der Waals surface area contributed by atoms with Gasteiger partial charge in [-0.25, -0.2) is 4.98 Å². The van der Waals surface area contributed by atoms with Gasteiger partial charge in [0.15, 0.2) is 17.5 Å². The molecule has 3 rings (SSSR count). The van der Waals surface area contributed by atoms with E-state index in [-0.39, 0.29) is 12.4 Å². The van der Waals surface area contributed by atoms with Crippen LogP contribution in [-0.2, 0) is 19.3 Å². The first-order chi connectivity index (χ1) is 11.6. The summed E-state index contributed by atoms with van der Waals surface area (Å²) < 4.78 is 11.1. The molecule has 2 heterocycles. The molecule has 0 saturated carbocycles. The molecule has 1 atom stereocenters. The van der Waals surface area contributed by atoms with E-state index in [2.05, 4.69) is 46.4 Å². The van der Waals surface area contributed by atoms with Gasteiger partial charge in [-0.1, -0.05) is 35.0 Å². The van der Waals surface area contributed by atoms with Crippen LogP contribution in [0.3, 0.4) is 0 Å². The van der Waals surface area contributed by atoms with Crippen molar-refractivity contribution in [3.05, 3.63) is 53.6 Å². The molecule has 0 fully saturated rings. The van der Waals surface area contributed by atoms with Gasteiger partial charge in [-0.15, -0.1) is 12.4 Å². The molecule has 0 radical (unpaired) electrons. The van der Waals surface area contributed by atoms with Crippen LogP contribution < -0.4 is 5.32 Å². The van der Waals surface area contributed by atoms with Crippen molar-refractivity contribution < 1.29 is 8.94 Å². The van der Waals surface area contributed by atoms with Gasteiger partial charge < -0.3 is 14.3 Å². The van der Waals surface area contributed by atoms with Crippen molar-refractivity contribution in [1.82, 2.24) is 20.4 Å². The van der Waals surface area contributed by atoms with Gasteiger partial charge in [-0.05, 0) is 20.9 Å². The van der Waals surface area contributed by atoms with Crippen molar-refractivity contribution in [3.63, 3.8) is 0 Å². The lowest BCUT2D eigenvalue weighted by atomic mass is 10.1. The van der Waals surface area contributed by atoms with Crippen molar-refractivity contribution in [1.29, 1.82) is 0 Å². The number of hydrogen-bond acceptors (Lipinski definition) is 6. The molecule has 2 aromatic heterocycles. The Morgan fingerprint density at radius 2 is 1.84 bits per heavy atom. The van der Waals surface area contributed by atoms with Gasteiger partial charge in [0.2, 0.25) is 5.89 Å². The number of oxazole rings is 1. The summed E-state index contributed by atoms with van der Waals surface area (Å²) in [5.41, 5.74) is 2.25. The number of hydrogen-bond donors (Lipinski definition) is 1. The predicted molar refractivity (Wildman–Crippen MR) is 97.9 cm³/mol. The number of halogens is 1. The minimum Gasteiger partial charge on any atom is -0.441 e. The van der Waals surface area contributed by atoms with E-state index in [1.165, 1.54) is 5.56 Å². The highest BCUT2D eigenvalue weighted by molar-refractivity contribution is 5.85. The van der Waals surface area contributed by atoms with Gasteiger partial charge in [0.05, 0.1) is 6.20 Å². The highest BCUT2D eigenvalue weighted by Crippen LogP contribution is 2.21. The smallest absolute Gasteiger partial charge is 0.227 e. The SMILES string of the molecule is CNC(C)Cc1noc(CCc2ncc(-c3ccc(C)cc3)o2)n1.Cl. The van der Waals surface area contributed by atoms with Crippen LogP contribution >= 0.6 is 12.4 Å². The summed E-state index contributed by atoms with van der Waals surface area (Å²) in [6.07, 6.45) is 3.76. The topological polar surface area (TPSA) is 77.0 Å². The van der Waals surface area contributed by atoms with Crippen molar-refractivity contribution in [2.45, 2.75) is 39.2 Å². The summed E-state index contributed by atoms with van der Waals surface area (Å²) in [6, 6.07) is 8.51. The molecule has 0 bridgehead atoms. The summed E-state index contributed by atoms with van der Waals surface area (Å²) in [7, 11) is 1.92. The Labute approximate surface area is 153 Å². The van der Waals surface area contributed by atoms with Gasteiger partial charge in [0.1, 0.15) is 0 Å². The first-order valence-corrected chi connectivity index (χ1v) is 8.14. The van der Waals surface area contributed by atoms with Crippen molar-refractivity contribution in [2.24, 2.45) is 0 Å². The third-order valence-electron chi connectivity index (χ3n) is 3.93. The molecule has 0 aliphatic rings. The van der Waals surface area contributed by atoms with Gasteiger partial charge in [-0.3, -0.25) is 0 Å². The van der Waals surface area contributed by atoms with Crippen LogP contribution in [0.25, 0.3) is 11.3 Å². The van der Waals surface area contributed by atoms with E-state index in [9.17, 15) is 0 Å². The fourth-order valence-electron chi connectivity index (χ4n) is 2.34. The average Bonchev–Trinajstić information content (AvgIpc) is 3.23. The molecule has 3 aromatic rings. The molecule has 1 aromatic carbocycles. The Bertz CT molecular complexity index is 782. The Balaban J connectivity index is 0.00000225. The zero-order valence-electron chi connectivity index (χ0n) is 14.7. The zero-order valence-corrected chi connectivity index (χ0v) is 15.5. The van der Waals surface area contributed by atoms with E-state index < -0.39 is 0 Å². The second-order valence-corrected chi connectivity index (χ2v) is 5.98. The summed E-state index contributed by atoms with van der Waals surface area (Å²) in [5, 5.41) is 7.16. The van der Waals surface area contributed by atoms with E-state index >= 15 is 0 Å². The van der Waals surface area contributed by atoms with Crippen molar-refractivity contribution in [2.75, 3.05) is 7.05 Å². The lowest BCUT2D eigenvalue weighted by Crippen LogP contribution is -2.24. The van der Waals surface area contributed by atoms with E-state index in [1.807, 2.05) is 19.2 Å². The maximum atomic E-state index is 5.81. The van der Waals surface area contributed by atoms with Crippen LogP contribution in [0.5, 0.6) is 0 Å². The van der Waals surface area contributed by atoms with Crippen LogP contribution in [0.1, 0.15) is 30.1 Å². The van der Waals surface area contributed by atoms with Crippen LogP contribution in [0.4, 0.5) is 0 Å². The van der Waals surface area contributed by atoms with Crippen LogP contribution in [0.2, 0.25) is 0 Å². The molecule has 6 nitrogen and oxygen atoms in total. The Morgan fingerprint density at radius 1 is 1.12 bits per heavy atom. The normalized spacial score (nSPS) is 12.0. The maximum Gasteiger partial charge on any atom is 0.227 e. The number of aryl methyl sites for hydroxylation is 3. The fraction of sp³-hybridized carbons (Fsp3) is 0.389. The monoisotopic (exact) mass is 362 g/mol. The standard InChI is InChI=1S/C18H22N4O2.ClH/c1-12-4-6-14(7-5-12)15-11-20-17(23-15)8-9-18-21-16(22-24-18)10-13(2)19-3;/h4-7,11,13,19H,8-10H2,1-3H3;1H. The summed E-state index contributed by atoms with van der Waals surface area (Å²) in [6.45, 7) is 4.14. The van der Waals surface area contributed by atoms with Crippen LogP contribution in [0.15, 0.2) is 39.4 Å². The number of aromatic nitrogens is 3. The molecule has 0 amide bonds. The highest BCUT2D eigenvalue weighted by atomic mass is 35.5. The van der Waals surface area contributed by atoms with Crippen LogP contribution in [-0.4, -0.2) is 28.2 Å². The van der Waals surface area contributed by atoms with Gasteiger partial charge >= 0.3 is 0 Å². The van der Waals surface area contributed by atoms with Gasteiger partial charge in [0.25, 0.3) is 0 Å². The summed E-state index contributed by atoms with van der Waals surface area (Å²) >= 11 is 0. The molecule has 0 spiro atoms. The predicted octanol–water partition coefficient (Wildman–Crippen LogP) is 3.39. The molecule has 0 saturated heterocycles. The number of rotatable bonds is 7. The number of nitrogens with zero attached hydrogens (tertiary/aromatic N) is 3. The summed E-state index contributed by atoms with van der Waals surface area (Å²) in [5.74, 6) is 2.79. The van der Waals surface area contributed by atoms with Gasteiger partial charge in [-0.2, -0.15) is 4.98 Å². The molecule has 134 valence electrons. The largest absolute Gasteiger partial charge is 0.441 e. The minimum atomic E-state index is 0. The maximum absolute atomic E-state index is 5.81. The molecule has 0 aliphatic carbocycles. The minimum absolute atomic E-state index is 0. The number of nitrogens with one attached hydrogen (secondary N) is 1. The lowest BCUT2D eigenvalue weighted by Gasteiger charge is -2.04. The first-order valence-electron chi connectivity index (χ1n) is 8.14. The third kappa shape index (κ3) is 5.14. The molecule has 7 heteroatoms. The molecule has 1 N–H and O–H groups in total. The zero-order chi connectivity index (χ0) is 16.9. The van der Waals surface area contributed by atoms with Crippen LogP contribution in [0, 0.1) is 6.92 Å². The second kappa shape index (κ2) is 8.78. The fourth-order valence-corrected chi connectivity index (χ4v) is 2.34. The van der Waals surface area contributed by atoms with E-state index in [0.717, 1.165) is 23.6 Å². The number of benzene rings is 1. The molecular weight excluding hydrogens is 340 g/mol. The Hall–Kier alpha value is -2.18.